The highest BCUT2D eigenvalue weighted by Crippen LogP contribution is 2.24. The van der Waals surface area contributed by atoms with Gasteiger partial charge in [-0.25, -0.2) is 8.42 Å². The molecule has 1 aliphatic rings. The Morgan fingerprint density at radius 3 is 2.65 bits per heavy atom. The maximum absolute atomic E-state index is 12.4. The van der Waals surface area contributed by atoms with E-state index in [-0.39, 0.29) is 4.90 Å². The van der Waals surface area contributed by atoms with Crippen LogP contribution in [0.1, 0.15) is 22.5 Å². The van der Waals surface area contributed by atoms with E-state index in [1.165, 1.54) is 0 Å². The molecule has 0 radical (unpaired) electrons. The summed E-state index contributed by atoms with van der Waals surface area (Å²) in [5.74, 6) is 0. The van der Waals surface area contributed by atoms with E-state index < -0.39 is 10.0 Å². The minimum Gasteiger partial charge on any atom is -0.309 e. The van der Waals surface area contributed by atoms with Gasteiger partial charge >= 0.3 is 0 Å². The van der Waals surface area contributed by atoms with Gasteiger partial charge in [-0.2, -0.15) is 5.10 Å². The summed E-state index contributed by atoms with van der Waals surface area (Å²) < 4.78 is 27.5. The van der Waals surface area contributed by atoms with Crippen LogP contribution in [0.3, 0.4) is 0 Å². The number of hydrogen-bond donors (Lipinski definition) is 3. The second-order valence-electron chi connectivity index (χ2n) is 4.95. The van der Waals surface area contributed by atoms with Gasteiger partial charge in [0.1, 0.15) is 0 Å². The van der Waals surface area contributed by atoms with Crippen LogP contribution in [-0.2, 0) is 23.1 Å². The quantitative estimate of drug-likeness (QED) is 0.798. The number of hydrogen-bond acceptors (Lipinski definition) is 4. The van der Waals surface area contributed by atoms with Crippen LogP contribution in [0.15, 0.2) is 23.1 Å². The van der Waals surface area contributed by atoms with Crippen LogP contribution in [0.2, 0.25) is 0 Å². The molecular weight excluding hydrogens is 276 g/mol. The summed E-state index contributed by atoms with van der Waals surface area (Å²) in [6, 6.07) is 5.22. The standard InChI is InChI=1S/C13H16N4O2S/c1-8-13(9(2)16-15-8)17-20(18,19)12-4-3-10-6-14-7-11(10)5-12/h3-5,14,17H,6-7H2,1-2H3,(H,15,16). The van der Waals surface area contributed by atoms with Crippen molar-refractivity contribution in [2.24, 2.45) is 0 Å². The minimum absolute atomic E-state index is 0.278. The van der Waals surface area contributed by atoms with Gasteiger partial charge in [0.15, 0.2) is 0 Å². The van der Waals surface area contributed by atoms with Crippen LogP contribution < -0.4 is 10.0 Å². The molecule has 106 valence electrons. The minimum atomic E-state index is -3.59. The van der Waals surface area contributed by atoms with Gasteiger partial charge in [0.2, 0.25) is 0 Å². The topological polar surface area (TPSA) is 86.9 Å². The van der Waals surface area contributed by atoms with E-state index in [0.29, 0.717) is 23.6 Å². The maximum atomic E-state index is 12.4. The Balaban J connectivity index is 1.96. The van der Waals surface area contributed by atoms with Gasteiger partial charge in [-0.3, -0.25) is 9.82 Å². The molecule has 0 spiro atoms. The molecule has 1 aliphatic heterocycles. The molecule has 0 saturated carbocycles. The summed E-state index contributed by atoms with van der Waals surface area (Å²) in [4.78, 5) is 0.278. The molecule has 2 aromatic rings. The van der Waals surface area contributed by atoms with E-state index >= 15 is 0 Å². The van der Waals surface area contributed by atoms with Crippen molar-refractivity contribution in [3.8, 4) is 0 Å². The third-order valence-electron chi connectivity index (χ3n) is 3.48. The van der Waals surface area contributed by atoms with Crippen LogP contribution in [0, 0.1) is 13.8 Å². The van der Waals surface area contributed by atoms with Crippen molar-refractivity contribution in [1.29, 1.82) is 0 Å². The van der Waals surface area contributed by atoms with Gasteiger partial charge in [-0.05, 0) is 37.1 Å². The summed E-state index contributed by atoms with van der Waals surface area (Å²) in [6.07, 6.45) is 0. The van der Waals surface area contributed by atoms with Gasteiger partial charge in [-0.1, -0.05) is 6.07 Å². The second kappa shape index (κ2) is 4.60. The monoisotopic (exact) mass is 292 g/mol. The zero-order valence-corrected chi connectivity index (χ0v) is 12.1. The summed E-state index contributed by atoms with van der Waals surface area (Å²) in [5.41, 5.74) is 4.04. The Morgan fingerprint density at radius 2 is 1.95 bits per heavy atom. The van der Waals surface area contributed by atoms with Crippen molar-refractivity contribution in [1.82, 2.24) is 15.5 Å². The summed E-state index contributed by atoms with van der Waals surface area (Å²) in [6.45, 7) is 5.05. The van der Waals surface area contributed by atoms with E-state index in [2.05, 4.69) is 20.2 Å². The Bertz CT molecular complexity index is 745. The fourth-order valence-corrected chi connectivity index (χ4v) is 3.56. The largest absolute Gasteiger partial charge is 0.309 e. The number of aromatic amines is 1. The number of anilines is 1. The Kier molecular flexibility index (Phi) is 3.02. The Labute approximate surface area is 117 Å². The normalized spacial score (nSPS) is 14.3. The second-order valence-corrected chi connectivity index (χ2v) is 6.63. The number of nitrogens with zero attached hydrogens (tertiary/aromatic N) is 1. The predicted octanol–water partition coefficient (Wildman–Crippen LogP) is 1.43. The number of benzene rings is 1. The van der Waals surface area contributed by atoms with Crippen LogP contribution in [-0.4, -0.2) is 18.6 Å². The molecule has 6 nitrogen and oxygen atoms in total. The Morgan fingerprint density at radius 1 is 1.20 bits per heavy atom. The van der Waals surface area contributed by atoms with E-state index in [1.54, 1.807) is 26.0 Å². The third-order valence-corrected chi connectivity index (χ3v) is 4.83. The third kappa shape index (κ3) is 2.19. The lowest BCUT2D eigenvalue weighted by Crippen LogP contribution is -2.14. The molecule has 0 saturated heterocycles. The summed E-state index contributed by atoms with van der Waals surface area (Å²) in [7, 11) is -3.59. The fourth-order valence-electron chi connectivity index (χ4n) is 2.33. The highest BCUT2D eigenvalue weighted by molar-refractivity contribution is 7.92. The number of nitrogens with one attached hydrogen (secondary N) is 3. The molecule has 0 atom stereocenters. The fraction of sp³-hybridized carbons (Fsp3) is 0.308. The summed E-state index contributed by atoms with van der Waals surface area (Å²) >= 11 is 0. The van der Waals surface area contributed by atoms with Crippen LogP contribution in [0.4, 0.5) is 5.69 Å². The van der Waals surface area contributed by atoms with E-state index in [4.69, 9.17) is 0 Å². The first-order valence-electron chi connectivity index (χ1n) is 6.34. The van der Waals surface area contributed by atoms with E-state index in [1.807, 2.05) is 6.07 Å². The van der Waals surface area contributed by atoms with Crippen LogP contribution >= 0.6 is 0 Å². The predicted molar refractivity (Wildman–Crippen MR) is 75.9 cm³/mol. The van der Waals surface area contributed by atoms with Crippen molar-refractivity contribution in [2.75, 3.05) is 4.72 Å². The molecule has 7 heteroatoms. The number of H-pyrrole nitrogens is 1. The lowest BCUT2D eigenvalue weighted by atomic mass is 10.1. The maximum Gasteiger partial charge on any atom is 0.262 e. The number of fused-ring (bicyclic) bond motifs is 1. The lowest BCUT2D eigenvalue weighted by molar-refractivity contribution is 0.601. The summed E-state index contributed by atoms with van der Waals surface area (Å²) in [5, 5.41) is 9.96. The first-order chi connectivity index (χ1) is 9.47. The molecule has 0 unspecified atom stereocenters. The molecule has 1 aromatic heterocycles. The molecule has 3 N–H and O–H groups in total. The zero-order valence-electron chi connectivity index (χ0n) is 11.3. The van der Waals surface area contributed by atoms with Crippen molar-refractivity contribution >= 4 is 15.7 Å². The molecule has 1 aromatic carbocycles. The molecule has 2 heterocycles. The molecule has 0 bridgehead atoms. The van der Waals surface area contributed by atoms with Gasteiger partial charge < -0.3 is 5.32 Å². The van der Waals surface area contributed by atoms with Crippen LogP contribution in [0.5, 0.6) is 0 Å². The molecule has 0 amide bonds. The molecular formula is C13H16N4O2S. The SMILES string of the molecule is Cc1n[nH]c(C)c1NS(=O)(=O)c1ccc2c(c1)CNC2. The van der Waals surface area contributed by atoms with Gasteiger partial charge in [0.05, 0.1) is 22.0 Å². The first-order valence-corrected chi connectivity index (χ1v) is 7.82. The van der Waals surface area contributed by atoms with E-state index in [0.717, 1.165) is 17.7 Å². The van der Waals surface area contributed by atoms with Gasteiger partial charge in [0, 0.05) is 13.1 Å². The zero-order chi connectivity index (χ0) is 14.3. The highest BCUT2D eigenvalue weighted by atomic mass is 32.2. The van der Waals surface area contributed by atoms with Gasteiger partial charge in [0.25, 0.3) is 10.0 Å². The molecule has 0 fully saturated rings. The van der Waals surface area contributed by atoms with Crippen LogP contribution in [0.25, 0.3) is 0 Å². The average Bonchev–Trinajstić information content (AvgIpc) is 2.99. The molecule has 3 rings (SSSR count). The lowest BCUT2D eigenvalue weighted by Gasteiger charge is -2.09. The first kappa shape index (κ1) is 13.1. The number of aromatic nitrogens is 2. The Hall–Kier alpha value is -1.86. The number of sulfonamides is 1. The highest BCUT2D eigenvalue weighted by Gasteiger charge is 2.20. The van der Waals surface area contributed by atoms with E-state index in [9.17, 15) is 8.42 Å². The smallest absolute Gasteiger partial charge is 0.262 e. The molecule has 0 aliphatic carbocycles. The molecule has 20 heavy (non-hydrogen) atoms. The number of aryl methyl sites for hydroxylation is 2. The van der Waals surface area contributed by atoms with Crippen molar-refractivity contribution in [2.45, 2.75) is 31.8 Å². The van der Waals surface area contributed by atoms with Crippen molar-refractivity contribution < 1.29 is 8.42 Å². The van der Waals surface area contributed by atoms with Crippen molar-refractivity contribution in [3.05, 3.63) is 40.7 Å². The van der Waals surface area contributed by atoms with Gasteiger partial charge in [-0.15, -0.1) is 0 Å². The number of rotatable bonds is 3. The average molecular weight is 292 g/mol. The van der Waals surface area contributed by atoms with Crippen molar-refractivity contribution in [3.63, 3.8) is 0 Å².